The standard InChI is InChI=1S/C18H39NO.ClH/c1-3-4-5-6-7-8-9-10-11-12-13-14-16-19(2)17-15-18-20;/h20H,3-18H2,1-2H3;1H. The lowest BCUT2D eigenvalue weighted by Crippen LogP contribution is -2.21. The van der Waals surface area contributed by atoms with Gasteiger partial charge in [-0.2, -0.15) is 0 Å². The minimum Gasteiger partial charge on any atom is -0.396 e. The summed E-state index contributed by atoms with van der Waals surface area (Å²) in [4.78, 5) is 2.34. The first kappa shape index (κ1) is 23.5. The highest BCUT2D eigenvalue weighted by atomic mass is 35.5. The Bertz CT molecular complexity index is 179. The van der Waals surface area contributed by atoms with Crippen LogP contribution in [0.15, 0.2) is 0 Å². The molecule has 0 atom stereocenters. The summed E-state index contributed by atoms with van der Waals surface area (Å²) in [6.45, 7) is 4.83. The van der Waals surface area contributed by atoms with Crippen molar-refractivity contribution in [3.8, 4) is 0 Å². The molecule has 1 N–H and O–H groups in total. The maximum atomic E-state index is 8.76. The van der Waals surface area contributed by atoms with Crippen molar-refractivity contribution >= 4 is 12.4 Å². The number of unbranched alkanes of at least 4 members (excludes halogenated alkanes) is 11. The molecule has 0 bridgehead atoms. The largest absolute Gasteiger partial charge is 0.396 e. The first-order valence-electron chi connectivity index (χ1n) is 9.10. The molecule has 0 heterocycles. The van der Waals surface area contributed by atoms with Gasteiger partial charge < -0.3 is 10.0 Å². The van der Waals surface area contributed by atoms with E-state index in [0.29, 0.717) is 6.61 Å². The molecule has 0 unspecified atom stereocenters. The average molecular weight is 322 g/mol. The lowest BCUT2D eigenvalue weighted by molar-refractivity contribution is 0.245. The van der Waals surface area contributed by atoms with Crippen LogP contribution < -0.4 is 0 Å². The normalized spacial score (nSPS) is 10.9. The van der Waals surface area contributed by atoms with E-state index < -0.39 is 0 Å². The molecule has 0 aromatic carbocycles. The number of aliphatic hydroxyl groups is 1. The Hall–Kier alpha value is 0.210. The Morgan fingerprint density at radius 1 is 0.619 bits per heavy atom. The molecule has 0 aliphatic carbocycles. The van der Waals surface area contributed by atoms with Crippen LogP contribution in [0, 0.1) is 0 Å². The summed E-state index contributed by atoms with van der Waals surface area (Å²) in [6, 6.07) is 0. The van der Waals surface area contributed by atoms with Crippen molar-refractivity contribution in [1.29, 1.82) is 0 Å². The van der Waals surface area contributed by atoms with Crippen LogP contribution >= 0.6 is 12.4 Å². The summed E-state index contributed by atoms with van der Waals surface area (Å²) in [6.07, 6.45) is 17.9. The van der Waals surface area contributed by atoms with E-state index >= 15 is 0 Å². The molecule has 0 spiro atoms. The van der Waals surface area contributed by atoms with Gasteiger partial charge in [0.1, 0.15) is 0 Å². The second-order valence-corrected chi connectivity index (χ2v) is 6.27. The Morgan fingerprint density at radius 2 is 1.00 bits per heavy atom. The summed E-state index contributed by atoms with van der Waals surface area (Å²) in [5.41, 5.74) is 0. The van der Waals surface area contributed by atoms with Crippen LogP contribution in [0.2, 0.25) is 0 Å². The molecule has 0 amide bonds. The van der Waals surface area contributed by atoms with E-state index in [-0.39, 0.29) is 12.4 Å². The van der Waals surface area contributed by atoms with Gasteiger partial charge in [0.2, 0.25) is 0 Å². The van der Waals surface area contributed by atoms with Crippen molar-refractivity contribution in [2.45, 2.75) is 90.4 Å². The molecular formula is C18H40ClNO. The van der Waals surface area contributed by atoms with Crippen molar-refractivity contribution in [3.05, 3.63) is 0 Å². The number of halogens is 1. The van der Waals surface area contributed by atoms with E-state index in [1.807, 2.05) is 0 Å². The molecule has 0 aliphatic heterocycles. The Labute approximate surface area is 140 Å². The monoisotopic (exact) mass is 321 g/mol. The lowest BCUT2D eigenvalue weighted by Gasteiger charge is -2.15. The smallest absolute Gasteiger partial charge is 0.0443 e. The number of nitrogens with zero attached hydrogens (tertiary/aromatic N) is 1. The fourth-order valence-electron chi connectivity index (χ4n) is 2.68. The second-order valence-electron chi connectivity index (χ2n) is 6.27. The second kappa shape index (κ2) is 20.2. The average Bonchev–Trinajstić information content (AvgIpc) is 2.46. The van der Waals surface area contributed by atoms with Crippen LogP contribution in [0.5, 0.6) is 0 Å². The van der Waals surface area contributed by atoms with Crippen molar-refractivity contribution in [2.75, 3.05) is 26.7 Å². The molecule has 0 rings (SSSR count). The molecule has 0 aromatic heterocycles. The van der Waals surface area contributed by atoms with Gasteiger partial charge in [-0.05, 0) is 26.4 Å². The van der Waals surface area contributed by atoms with E-state index in [2.05, 4.69) is 18.9 Å². The van der Waals surface area contributed by atoms with Crippen molar-refractivity contribution < 1.29 is 5.11 Å². The molecule has 0 saturated carbocycles. The number of rotatable bonds is 16. The number of hydrogen-bond acceptors (Lipinski definition) is 2. The Morgan fingerprint density at radius 3 is 1.43 bits per heavy atom. The zero-order valence-corrected chi connectivity index (χ0v) is 15.4. The molecule has 0 saturated heterocycles. The van der Waals surface area contributed by atoms with Crippen LogP contribution in [0.1, 0.15) is 90.4 Å². The first-order valence-corrected chi connectivity index (χ1v) is 9.10. The molecule has 3 heteroatoms. The van der Waals surface area contributed by atoms with Gasteiger partial charge in [0.05, 0.1) is 0 Å². The van der Waals surface area contributed by atoms with Crippen LogP contribution in [-0.4, -0.2) is 36.8 Å². The molecule has 0 aliphatic rings. The molecular weight excluding hydrogens is 282 g/mol. The third kappa shape index (κ3) is 20.2. The SMILES string of the molecule is CCCCCCCCCCCCCCN(C)CCCO.Cl. The van der Waals surface area contributed by atoms with Gasteiger partial charge in [0.25, 0.3) is 0 Å². The van der Waals surface area contributed by atoms with Crippen molar-refractivity contribution in [1.82, 2.24) is 4.90 Å². The first-order chi connectivity index (χ1) is 9.81. The van der Waals surface area contributed by atoms with Gasteiger partial charge in [-0.1, -0.05) is 77.6 Å². The minimum absolute atomic E-state index is 0. The van der Waals surface area contributed by atoms with Gasteiger partial charge in [-0.3, -0.25) is 0 Å². The summed E-state index contributed by atoms with van der Waals surface area (Å²) >= 11 is 0. The highest BCUT2D eigenvalue weighted by molar-refractivity contribution is 5.85. The van der Waals surface area contributed by atoms with Crippen LogP contribution in [0.3, 0.4) is 0 Å². The summed E-state index contributed by atoms with van der Waals surface area (Å²) in [7, 11) is 2.16. The van der Waals surface area contributed by atoms with Crippen molar-refractivity contribution in [3.63, 3.8) is 0 Å². The minimum atomic E-state index is 0. The van der Waals surface area contributed by atoms with Gasteiger partial charge in [0, 0.05) is 13.2 Å². The predicted octanol–water partition coefficient (Wildman–Crippen LogP) is 5.42. The number of aliphatic hydroxyl groups excluding tert-OH is 1. The van der Waals surface area contributed by atoms with E-state index in [9.17, 15) is 0 Å². The highest BCUT2D eigenvalue weighted by Crippen LogP contribution is 2.11. The fraction of sp³-hybridized carbons (Fsp3) is 1.00. The molecule has 0 fully saturated rings. The van der Waals surface area contributed by atoms with Gasteiger partial charge in [-0.25, -0.2) is 0 Å². The van der Waals surface area contributed by atoms with Gasteiger partial charge in [0.15, 0.2) is 0 Å². The maximum absolute atomic E-state index is 8.76. The van der Waals surface area contributed by atoms with Crippen LogP contribution in [0.25, 0.3) is 0 Å². The topological polar surface area (TPSA) is 23.5 Å². The van der Waals surface area contributed by atoms with E-state index in [4.69, 9.17) is 5.11 Å². The zero-order chi connectivity index (χ0) is 14.9. The lowest BCUT2D eigenvalue weighted by atomic mass is 10.1. The number of hydrogen-bond donors (Lipinski definition) is 1. The van der Waals surface area contributed by atoms with E-state index in [1.165, 1.54) is 83.6 Å². The summed E-state index contributed by atoms with van der Waals surface area (Å²) in [5.74, 6) is 0. The Balaban J connectivity index is 0. The zero-order valence-electron chi connectivity index (χ0n) is 14.6. The molecule has 0 aromatic rings. The van der Waals surface area contributed by atoms with Crippen LogP contribution in [0.4, 0.5) is 0 Å². The van der Waals surface area contributed by atoms with E-state index in [0.717, 1.165) is 13.0 Å². The predicted molar refractivity (Wildman–Crippen MR) is 97.5 cm³/mol. The highest BCUT2D eigenvalue weighted by Gasteiger charge is 1.97. The molecule has 2 nitrogen and oxygen atoms in total. The Kier molecular flexibility index (Phi) is 22.6. The summed E-state index contributed by atoms with van der Waals surface area (Å²) in [5, 5.41) is 8.76. The summed E-state index contributed by atoms with van der Waals surface area (Å²) < 4.78 is 0. The maximum Gasteiger partial charge on any atom is 0.0443 e. The van der Waals surface area contributed by atoms with Crippen LogP contribution in [-0.2, 0) is 0 Å². The molecule has 0 radical (unpaired) electrons. The third-order valence-electron chi connectivity index (χ3n) is 4.09. The van der Waals surface area contributed by atoms with Gasteiger partial charge in [-0.15, -0.1) is 12.4 Å². The molecule has 21 heavy (non-hydrogen) atoms. The molecule has 130 valence electrons. The quantitative estimate of drug-likeness (QED) is 0.383. The van der Waals surface area contributed by atoms with Crippen molar-refractivity contribution in [2.24, 2.45) is 0 Å². The van der Waals surface area contributed by atoms with Gasteiger partial charge >= 0.3 is 0 Å². The third-order valence-corrected chi connectivity index (χ3v) is 4.09. The fourth-order valence-corrected chi connectivity index (χ4v) is 2.68. The van der Waals surface area contributed by atoms with E-state index in [1.54, 1.807) is 0 Å².